The first-order valence-corrected chi connectivity index (χ1v) is 7.55. The normalized spacial score (nSPS) is 20.0. The predicted molar refractivity (Wildman–Crippen MR) is 69.4 cm³/mol. The Balaban J connectivity index is 2.35. The first kappa shape index (κ1) is 15.1. The van der Waals surface area contributed by atoms with Crippen LogP contribution < -0.4 is 5.73 Å². The fraction of sp³-hybridized carbons (Fsp3) is 0.500. The summed E-state index contributed by atoms with van der Waals surface area (Å²) < 4.78 is 52.6. The Hall–Kier alpha value is -1.25. The minimum atomic E-state index is -4.08. The zero-order valence-corrected chi connectivity index (χ0v) is 11.8. The second kappa shape index (κ2) is 4.94. The Kier molecular flexibility index (Phi) is 3.74. The molecule has 0 aliphatic carbocycles. The molecule has 112 valence electrons. The van der Waals surface area contributed by atoms with Gasteiger partial charge in [0.25, 0.3) is 0 Å². The van der Waals surface area contributed by atoms with Crippen molar-refractivity contribution in [2.45, 2.75) is 30.3 Å². The fourth-order valence-electron chi connectivity index (χ4n) is 2.10. The van der Waals surface area contributed by atoms with Crippen LogP contribution in [-0.4, -0.2) is 36.5 Å². The minimum Gasteiger partial charge on any atom is -0.394 e. The third-order valence-corrected chi connectivity index (χ3v) is 5.42. The second-order valence-corrected chi connectivity index (χ2v) is 7.08. The maximum Gasteiger partial charge on any atom is 0.246 e. The molecule has 1 heterocycles. The smallest absolute Gasteiger partial charge is 0.246 e. The molecule has 1 aliphatic rings. The molecule has 0 aromatic heterocycles. The van der Waals surface area contributed by atoms with E-state index >= 15 is 0 Å². The van der Waals surface area contributed by atoms with Crippen LogP contribution in [0.4, 0.5) is 14.5 Å². The lowest BCUT2D eigenvalue weighted by molar-refractivity contribution is 0.0126. The van der Waals surface area contributed by atoms with Gasteiger partial charge in [-0.2, -0.15) is 4.31 Å². The van der Waals surface area contributed by atoms with Gasteiger partial charge >= 0.3 is 0 Å². The summed E-state index contributed by atoms with van der Waals surface area (Å²) in [6, 6.07) is 1.69. The Labute approximate surface area is 116 Å². The van der Waals surface area contributed by atoms with E-state index in [-0.39, 0.29) is 25.9 Å². The number of hydrogen-bond donors (Lipinski definition) is 2. The van der Waals surface area contributed by atoms with Crippen LogP contribution in [0.5, 0.6) is 0 Å². The van der Waals surface area contributed by atoms with Gasteiger partial charge in [-0.05, 0) is 31.9 Å². The van der Waals surface area contributed by atoms with Gasteiger partial charge in [0.1, 0.15) is 16.4 Å². The van der Waals surface area contributed by atoms with Crippen molar-refractivity contribution in [1.82, 2.24) is 4.31 Å². The third kappa shape index (κ3) is 2.63. The SMILES string of the molecule is CC1(O)CCN(S(=O)(=O)c2ccc(F)c(N)c2F)CC1. The van der Waals surface area contributed by atoms with E-state index in [0.717, 1.165) is 16.4 Å². The number of hydrogen-bond acceptors (Lipinski definition) is 4. The zero-order valence-electron chi connectivity index (χ0n) is 10.9. The van der Waals surface area contributed by atoms with Gasteiger partial charge in [-0.25, -0.2) is 17.2 Å². The van der Waals surface area contributed by atoms with Crippen molar-refractivity contribution in [3.05, 3.63) is 23.8 Å². The predicted octanol–water partition coefficient (Wildman–Crippen LogP) is 1.08. The van der Waals surface area contributed by atoms with Gasteiger partial charge < -0.3 is 10.8 Å². The lowest BCUT2D eigenvalue weighted by Crippen LogP contribution is -2.45. The van der Waals surface area contributed by atoms with E-state index < -0.39 is 37.8 Å². The molecule has 1 fully saturated rings. The average Bonchev–Trinajstić information content (AvgIpc) is 2.35. The number of aliphatic hydroxyl groups is 1. The van der Waals surface area contributed by atoms with Crippen molar-refractivity contribution in [3.8, 4) is 0 Å². The molecule has 0 atom stereocenters. The molecule has 5 nitrogen and oxygen atoms in total. The number of rotatable bonds is 2. The number of nitrogen functional groups attached to an aromatic ring is 1. The number of anilines is 1. The highest BCUT2D eigenvalue weighted by Crippen LogP contribution is 2.29. The summed E-state index contributed by atoms with van der Waals surface area (Å²) >= 11 is 0. The van der Waals surface area contributed by atoms with Crippen LogP contribution in [0.2, 0.25) is 0 Å². The van der Waals surface area contributed by atoms with Gasteiger partial charge in [0.2, 0.25) is 10.0 Å². The minimum absolute atomic E-state index is 0.0755. The van der Waals surface area contributed by atoms with Gasteiger partial charge in [-0.15, -0.1) is 0 Å². The molecule has 0 radical (unpaired) electrons. The summed E-state index contributed by atoms with van der Waals surface area (Å²) in [6.45, 7) is 1.77. The van der Waals surface area contributed by atoms with Crippen LogP contribution in [0, 0.1) is 11.6 Å². The van der Waals surface area contributed by atoms with E-state index in [1.807, 2.05) is 0 Å². The molecule has 3 N–H and O–H groups in total. The maximum absolute atomic E-state index is 13.8. The zero-order chi connectivity index (χ0) is 15.1. The van der Waals surface area contributed by atoms with Crippen LogP contribution in [0.15, 0.2) is 17.0 Å². The highest BCUT2D eigenvalue weighted by atomic mass is 32.2. The summed E-state index contributed by atoms with van der Waals surface area (Å²) in [5.74, 6) is -2.27. The van der Waals surface area contributed by atoms with E-state index in [1.165, 1.54) is 0 Å². The molecule has 20 heavy (non-hydrogen) atoms. The number of nitrogens with zero attached hydrogens (tertiary/aromatic N) is 1. The maximum atomic E-state index is 13.8. The molecule has 0 amide bonds. The van der Waals surface area contributed by atoms with Crippen molar-refractivity contribution in [3.63, 3.8) is 0 Å². The topological polar surface area (TPSA) is 83.6 Å². The molecule has 1 saturated heterocycles. The number of piperidine rings is 1. The molecular formula is C12H16F2N2O3S. The fourth-order valence-corrected chi connectivity index (χ4v) is 3.61. The molecule has 2 rings (SSSR count). The molecule has 0 spiro atoms. The van der Waals surface area contributed by atoms with Crippen molar-refractivity contribution < 1.29 is 22.3 Å². The van der Waals surface area contributed by atoms with Gasteiger partial charge in [0, 0.05) is 13.1 Å². The molecule has 0 saturated carbocycles. The lowest BCUT2D eigenvalue weighted by atomic mass is 9.95. The van der Waals surface area contributed by atoms with E-state index in [1.54, 1.807) is 6.92 Å². The number of nitrogens with two attached hydrogens (primary N) is 1. The quantitative estimate of drug-likeness (QED) is 0.801. The average molecular weight is 306 g/mol. The largest absolute Gasteiger partial charge is 0.394 e. The van der Waals surface area contributed by atoms with E-state index in [0.29, 0.717) is 0 Å². The van der Waals surface area contributed by atoms with Crippen LogP contribution in [0.25, 0.3) is 0 Å². The van der Waals surface area contributed by atoms with Gasteiger partial charge in [-0.3, -0.25) is 0 Å². The third-order valence-electron chi connectivity index (χ3n) is 3.51. The van der Waals surface area contributed by atoms with Gasteiger partial charge in [-0.1, -0.05) is 0 Å². The summed E-state index contributed by atoms with van der Waals surface area (Å²) in [7, 11) is -4.08. The first-order chi connectivity index (χ1) is 9.15. The molecule has 0 unspecified atom stereocenters. The molecule has 1 aliphatic heterocycles. The van der Waals surface area contributed by atoms with E-state index in [2.05, 4.69) is 0 Å². The molecule has 0 bridgehead atoms. The van der Waals surface area contributed by atoms with E-state index in [9.17, 15) is 22.3 Å². The number of benzene rings is 1. The Morgan fingerprint density at radius 2 is 1.85 bits per heavy atom. The highest BCUT2D eigenvalue weighted by molar-refractivity contribution is 7.89. The van der Waals surface area contributed by atoms with Crippen molar-refractivity contribution in [2.24, 2.45) is 0 Å². The Morgan fingerprint density at radius 1 is 1.30 bits per heavy atom. The number of sulfonamides is 1. The van der Waals surface area contributed by atoms with Gasteiger partial charge in [0.15, 0.2) is 5.82 Å². The monoisotopic (exact) mass is 306 g/mol. The second-order valence-electron chi connectivity index (χ2n) is 5.17. The first-order valence-electron chi connectivity index (χ1n) is 6.11. The molecular weight excluding hydrogens is 290 g/mol. The van der Waals surface area contributed by atoms with Crippen LogP contribution in [-0.2, 0) is 10.0 Å². The van der Waals surface area contributed by atoms with Crippen LogP contribution in [0.3, 0.4) is 0 Å². The molecule has 1 aromatic carbocycles. The van der Waals surface area contributed by atoms with Crippen LogP contribution in [0.1, 0.15) is 19.8 Å². The lowest BCUT2D eigenvalue weighted by Gasteiger charge is -2.35. The van der Waals surface area contributed by atoms with Crippen molar-refractivity contribution in [1.29, 1.82) is 0 Å². The van der Waals surface area contributed by atoms with Crippen molar-refractivity contribution in [2.75, 3.05) is 18.8 Å². The van der Waals surface area contributed by atoms with Gasteiger partial charge in [0.05, 0.1) is 5.60 Å². The molecule has 8 heteroatoms. The van der Waals surface area contributed by atoms with Crippen molar-refractivity contribution >= 4 is 15.7 Å². The Morgan fingerprint density at radius 3 is 2.40 bits per heavy atom. The summed E-state index contributed by atoms with van der Waals surface area (Å²) in [6.07, 6.45) is 0.509. The number of halogens is 2. The summed E-state index contributed by atoms with van der Waals surface area (Å²) in [4.78, 5) is -0.641. The highest BCUT2D eigenvalue weighted by Gasteiger charge is 2.35. The van der Waals surface area contributed by atoms with Crippen LogP contribution >= 0.6 is 0 Å². The standard InChI is InChI=1S/C12H16F2N2O3S/c1-12(17)4-6-16(7-5-12)20(18,19)9-3-2-8(13)11(15)10(9)14/h2-3,17H,4-7,15H2,1H3. The van der Waals surface area contributed by atoms with E-state index in [4.69, 9.17) is 5.73 Å². The Bertz CT molecular complexity index is 622. The summed E-state index contributed by atoms with van der Waals surface area (Å²) in [5, 5.41) is 9.80. The molecule has 1 aromatic rings. The summed E-state index contributed by atoms with van der Waals surface area (Å²) in [5.41, 5.74) is 3.44.